The van der Waals surface area contributed by atoms with E-state index in [0.717, 1.165) is 18.2 Å². The molecule has 1 aliphatic rings. The summed E-state index contributed by atoms with van der Waals surface area (Å²) in [4.78, 5) is 12.2. The Hall–Kier alpha value is -2.14. The molecule has 1 aliphatic carbocycles. The van der Waals surface area contributed by atoms with E-state index in [1.165, 1.54) is 6.92 Å². The Morgan fingerprint density at radius 1 is 1.13 bits per heavy atom. The van der Waals surface area contributed by atoms with Crippen molar-refractivity contribution >= 4 is 64.4 Å². The average Bonchev–Trinajstić information content (AvgIpc) is 2.84. The van der Waals surface area contributed by atoms with E-state index in [4.69, 9.17) is 43.0 Å². The fourth-order valence-electron chi connectivity index (χ4n) is 4.70. The van der Waals surface area contributed by atoms with Crippen LogP contribution in [0.4, 0.5) is 18.9 Å². The fraction of sp³-hybridized carbons (Fsp3) is 0.348. The third-order valence-electron chi connectivity index (χ3n) is 6.78. The highest BCUT2D eigenvalue weighted by Gasteiger charge is 2.57. The lowest BCUT2D eigenvalue weighted by atomic mass is 9.51. The summed E-state index contributed by atoms with van der Waals surface area (Å²) >= 11 is 6.22. The van der Waals surface area contributed by atoms with Crippen molar-refractivity contribution in [3.63, 3.8) is 0 Å². The number of amides is 1. The summed E-state index contributed by atoms with van der Waals surface area (Å²) in [5.74, 6) is -8.24. The van der Waals surface area contributed by atoms with E-state index in [-0.39, 0.29) is 22.5 Å². The number of aliphatic hydroxyl groups is 2. The normalized spacial score (nSPS) is 25.6. The Morgan fingerprint density at radius 3 is 2.24 bits per heavy atom. The maximum Gasteiger partial charge on any atom is 0.255 e. The predicted octanol–water partition coefficient (Wildman–Crippen LogP) is 2.09. The number of carbonyl (C=O) groups excluding carboxylic acids is 1. The van der Waals surface area contributed by atoms with Crippen molar-refractivity contribution in [3.05, 3.63) is 69.2 Å². The summed E-state index contributed by atoms with van der Waals surface area (Å²) in [7, 11) is 19.1. The Bertz CT molecular complexity index is 1400. The number of allylic oxidation sites excluding steroid dienone is 1. The van der Waals surface area contributed by atoms with Crippen LogP contribution in [0.1, 0.15) is 30.1 Å². The molecule has 0 heterocycles. The highest BCUT2D eigenvalue weighted by atomic mass is 35.5. The Balaban J connectivity index is 2.10. The summed E-state index contributed by atoms with van der Waals surface area (Å²) < 4.78 is 66.2. The van der Waals surface area contributed by atoms with E-state index in [1.807, 2.05) is 0 Å². The monoisotopic (exact) mass is 557 g/mol. The van der Waals surface area contributed by atoms with Gasteiger partial charge in [0.1, 0.15) is 7.85 Å². The molecule has 4 atom stereocenters. The summed E-state index contributed by atoms with van der Waals surface area (Å²) in [6.07, 6.45) is -0.653. The molecule has 0 bridgehead atoms. The van der Waals surface area contributed by atoms with Crippen LogP contribution in [0.5, 0.6) is 0 Å². The van der Waals surface area contributed by atoms with Gasteiger partial charge in [-0.1, -0.05) is 18.5 Å². The molecule has 15 heteroatoms. The number of sulfone groups is 1. The fourth-order valence-corrected chi connectivity index (χ4v) is 7.31. The van der Waals surface area contributed by atoms with Gasteiger partial charge in [-0.3, -0.25) is 4.79 Å². The van der Waals surface area contributed by atoms with Gasteiger partial charge in [-0.25, -0.2) is 21.6 Å². The van der Waals surface area contributed by atoms with Crippen molar-refractivity contribution in [2.45, 2.75) is 34.9 Å². The molecule has 1 saturated carbocycles. The average molecular weight is 557 g/mol. The van der Waals surface area contributed by atoms with Crippen LogP contribution >= 0.6 is 11.6 Å². The zero-order chi connectivity index (χ0) is 28.8. The number of carbonyl (C=O) groups is 1. The quantitative estimate of drug-likeness (QED) is 0.373. The molecular formula is C23H19B4ClF3NO5S. The van der Waals surface area contributed by atoms with Gasteiger partial charge in [0.2, 0.25) is 0 Å². The van der Waals surface area contributed by atoms with Gasteiger partial charge in [-0.05, 0) is 42.9 Å². The van der Waals surface area contributed by atoms with Gasteiger partial charge < -0.3 is 15.5 Å². The Kier molecular flexibility index (Phi) is 8.63. The van der Waals surface area contributed by atoms with Gasteiger partial charge >= 0.3 is 0 Å². The van der Waals surface area contributed by atoms with Gasteiger partial charge in [0, 0.05) is 28.0 Å². The van der Waals surface area contributed by atoms with Crippen LogP contribution in [0, 0.1) is 29.3 Å². The molecule has 1 amide bonds. The summed E-state index contributed by atoms with van der Waals surface area (Å²) in [5, 5.41) is 21.9. The molecule has 2 aromatic carbocycles. The van der Waals surface area contributed by atoms with Crippen molar-refractivity contribution in [1.29, 1.82) is 0 Å². The molecule has 0 saturated heterocycles. The lowest BCUT2D eigenvalue weighted by molar-refractivity contribution is -0.0687. The zero-order valence-corrected chi connectivity index (χ0v) is 21.6. The number of benzene rings is 2. The van der Waals surface area contributed by atoms with Gasteiger partial charge in [-0.2, -0.15) is 5.37 Å². The standard InChI is InChI=1S/C23H19B4ClF3NO5S/c1-10-7-22(35,9-33)8-13(18(24)20(25)26)23(10,27)38(36,37)17-4-11(2-3-14(17)28)21(34)32-12-5-15(29)19(31)16(30)6-12/h2-6,10,13,33,35H,7-9H2,1H3,(H,32,34)/t10?,13-,22+,23+/m1/s1. The molecule has 0 aromatic heterocycles. The van der Waals surface area contributed by atoms with Crippen molar-refractivity contribution in [2.24, 2.45) is 11.8 Å². The van der Waals surface area contributed by atoms with Crippen molar-refractivity contribution < 1.29 is 36.6 Å². The number of anilines is 1. The number of halogens is 4. The molecule has 3 N–H and O–H groups in total. The second-order valence-electron chi connectivity index (χ2n) is 9.37. The molecule has 2 aromatic rings. The lowest BCUT2D eigenvalue weighted by Gasteiger charge is -2.52. The minimum Gasteiger partial charge on any atom is -0.393 e. The zero-order valence-electron chi connectivity index (χ0n) is 20.0. The second-order valence-corrected chi connectivity index (χ2v) is 11.9. The van der Waals surface area contributed by atoms with Crippen LogP contribution in [0.15, 0.2) is 46.1 Å². The first-order chi connectivity index (χ1) is 17.5. The SMILES string of the molecule is [B]C([B])=C([B])[C@H]1C[C@](O)(CO)CC(C)[C@]1([B])S(=O)(=O)c1cc(C(=O)Nc2cc(F)c(F)c(F)c2)ccc1Cl. The van der Waals surface area contributed by atoms with E-state index >= 15 is 0 Å². The molecule has 38 heavy (non-hydrogen) atoms. The number of rotatable bonds is 6. The number of hydrogen-bond acceptors (Lipinski definition) is 5. The minimum atomic E-state index is -4.70. The van der Waals surface area contributed by atoms with E-state index < -0.39 is 84.3 Å². The molecule has 1 unspecified atom stereocenters. The van der Waals surface area contributed by atoms with Crippen molar-refractivity contribution in [2.75, 3.05) is 11.9 Å². The molecule has 6 nitrogen and oxygen atoms in total. The first-order valence-electron chi connectivity index (χ1n) is 11.1. The first-order valence-corrected chi connectivity index (χ1v) is 13.0. The van der Waals surface area contributed by atoms with E-state index in [1.54, 1.807) is 0 Å². The smallest absolute Gasteiger partial charge is 0.255 e. The molecule has 3 rings (SSSR count). The summed E-state index contributed by atoms with van der Waals surface area (Å²) in [6.45, 7) is 0.704. The largest absolute Gasteiger partial charge is 0.393 e. The van der Waals surface area contributed by atoms with Crippen LogP contribution in [0.3, 0.4) is 0 Å². The molecule has 0 aliphatic heterocycles. The highest BCUT2D eigenvalue weighted by Crippen LogP contribution is 2.51. The van der Waals surface area contributed by atoms with E-state index in [0.29, 0.717) is 12.1 Å². The molecule has 192 valence electrons. The third kappa shape index (κ3) is 5.33. The third-order valence-corrected chi connectivity index (χ3v) is 9.75. The van der Waals surface area contributed by atoms with Crippen molar-refractivity contribution in [1.82, 2.24) is 0 Å². The summed E-state index contributed by atoms with van der Waals surface area (Å²) in [5.41, 5.74) is -2.79. The predicted molar refractivity (Wildman–Crippen MR) is 140 cm³/mol. The molecular weight excluding hydrogens is 538 g/mol. The Morgan fingerprint density at radius 2 is 1.71 bits per heavy atom. The van der Waals surface area contributed by atoms with Gasteiger partial charge in [0.25, 0.3) is 5.91 Å². The van der Waals surface area contributed by atoms with Crippen molar-refractivity contribution in [3.8, 4) is 0 Å². The lowest BCUT2D eigenvalue weighted by Crippen LogP contribution is -2.61. The van der Waals surface area contributed by atoms with Gasteiger partial charge in [-0.15, -0.1) is 5.47 Å². The van der Waals surface area contributed by atoms with Gasteiger partial charge in [0.05, 0.1) is 45.7 Å². The van der Waals surface area contributed by atoms with Crippen LogP contribution in [0.25, 0.3) is 0 Å². The first kappa shape index (κ1) is 30.4. The number of nitrogens with one attached hydrogen (secondary N) is 1. The van der Waals surface area contributed by atoms with Gasteiger partial charge in [0.15, 0.2) is 27.3 Å². The van der Waals surface area contributed by atoms with Crippen LogP contribution in [-0.4, -0.2) is 72.8 Å². The van der Waals surface area contributed by atoms with E-state index in [2.05, 4.69) is 5.32 Å². The highest BCUT2D eigenvalue weighted by molar-refractivity contribution is 7.94. The minimum absolute atomic E-state index is 0.243. The topological polar surface area (TPSA) is 104 Å². The van der Waals surface area contributed by atoms with Crippen LogP contribution < -0.4 is 5.32 Å². The molecule has 1 fully saturated rings. The maximum absolute atomic E-state index is 14.1. The molecule has 8 radical (unpaired) electrons. The Labute approximate surface area is 228 Å². The number of aliphatic hydroxyl groups excluding tert-OH is 1. The van der Waals surface area contributed by atoms with Crippen LogP contribution in [-0.2, 0) is 9.84 Å². The summed E-state index contributed by atoms with van der Waals surface area (Å²) in [6, 6.07) is 4.24. The van der Waals surface area contributed by atoms with Crippen LogP contribution in [0.2, 0.25) is 5.02 Å². The second kappa shape index (κ2) is 10.8. The van der Waals surface area contributed by atoms with E-state index in [9.17, 15) is 36.6 Å². The number of hydrogen-bond donors (Lipinski definition) is 3. The maximum atomic E-state index is 14.1. The molecule has 0 spiro atoms.